The van der Waals surface area contributed by atoms with Crippen LogP contribution in [0, 0.1) is 11.8 Å². The van der Waals surface area contributed by atoms with Crippen LogP contribution in [0.15, 0.2) is 24.3 Å². The topological polar surface area (TPSA) is 72.2 Å². The van der Waals surface area contributed by atoms with Crippen molar-refractivity contribution in [1.82, 2.24) is 0 Å². The Hall–Kier alpha value is -1.68. The van der Waals surface area contributed by atoms with E-state index in [1.54, 1.807) is 24.3 Å². The van der Waals surface area contributed by atoms with Crippen LogP contribution in [-0.2, 0) is 4.79 Å². The molecule has 4 nitrogen and oxygen atoms in total. The summed E-state index contributed by atoms with van der Waals surface area (Å²) in [6.07, 6.45) is 3.03. The molecule has 0 radical (unpaired) electrons. The summed E-state index contributed by atoms with van der Waals surface area (Å²) >= 11 is 0. The number of Topliss-reactive ketones (excluding diaryl/α,β-unsaturated/α-hetero) is 1. The van der Waals surface area contributed by atoms with Gasteiger partial charge in [0.15, 0.2) is 5.78 Å². The van der Waals surface area contributed by atoms with E-state index in [4.69, 9.17) is 5.73 Å². The number of hydrogen-bond donors (Lipinski definition) is 2. The summed E-state index contributed by atoms with van der Waals surface area (Å²) in [6, 6.07) is 6.99. The second kappa shape index (κ2) is 5.97. The molecule has 1 aromatic carbocycles. The van der Waals surface area contributed by atoms with E-state index in [-0.39, 0.29) is 17.6 Å². The Morgan fingerprint density at radius 3 is 2.53 bits per heavy atom. The number of nitrogens with two attached hydrogens (primary N) is 1. The van der Waals surface area contributed by atoms with Gasteiger partial charge in [0.2, 0.25) is 5.91 Å². The van der Waals surface area contributed by atoms with Crippen LogP contribution in [-0.4, -0.2) is 18.2 Å². The van der Waals surface area contributed by atoms with Gasteiger partial charge in [-0.3, -0.25) is 9.59 Å². The van der Waals surface area contributed by atoms with Gasteiger partial charge in [0.1, 0.15) is 0 Å². The van der Waals surface area contributed by atoms with Crippen LogP contribution < -0.4 is 11.1 Å². The second-order valence-corrected chi connectivity index (χ2v) is 5.16. The monoisotopic (exact) mass is 260 g/mol. The third-order valence-electron chi connectivity index (χ3n) is 3.86. The van der Waals surface area contributed by atoms with Crippen molar-refractivity contribution in [3.05, 3.63) is 29.8 Å². The Labute approximate surface area is 113 Å². The number of carbonyl (C=O) groups excluding carboxylic acids is 2. The molecule has 1 aliphatic carbocycles. The zero-order valence-corrected chi connectivity index (χ0v) is 11.2. The van der Waals surface area contributed by atoms with Crippen LogP contribution in [0.1, 0.15) is 36.5 Å². The average Bonchev–Trinajstić information content (AvgIpc) is 2.87. The molecule has 1 amide bonds. The minimum absolute atomic E-state index is 0.0249. The summed E-state index contributed by atoms with van der Waals surface area (Å²) in [4.78, 5) is 23.3. The van der Waals surface area contributed by atoms with Crippen LogP contribution in [0.5, 0.6) is 0 Å². The number of hydrogen-bond acceptors (Lipinski definition) is 3. The van der Waals surface area contributed by atoms with Gasteiger partial charge in [0.05, 0.1) is 0 Å². The van der Waals surface area contributed by atoms with E-state index in [9.17, 15) is 9.59 Å². The fourth-order valence-electron chi connectivity index (χ4n) is 2.69. The van der Waals surface area contributed by atoms with Crippen molar-refractivity contribution < 1.29 is 9.59 Å². The van der Waals surface area contributed by atoms with Crippen molar-refractivity contribution in [3.63, 3.8) is 0 Å². The third kappa shape index (κ3) is 3.20. The molecule has 102 valence electrons. The van der Waals surface area contributed by atoms with Gasteiger partial charge in [-0.1, -0.05) is 6.42 Å². The van der Waals surface area contributed by atoms with E-state index in [2.05, 4.69) is 5.32 Å². The smallest absolute Gasteiger partial charge is 0.227 e. The number of ketones is 1. The van der Waals surface area contributed by atoms with Crippen molar-refractivity contribution >= 4 is 17.4 Å². The SMILES string of the molecule is CC(=O)c1ccc(NC(=O)C2CCCC2CN)cc1. The first kappa shape index (κ1) is 13.7. The van der Waals surface area contributed by atoms with Crippen molar-refractivity contribution in [1.29, 1.82) is 0 Å². The fourth-order valence-corrected chi connectivity index (χ4v) is 2.69. The molecule has 0 spiro atoms. The molecule has 0 bridgehead atoms. The van der Waals surface area contributed by atoms with Crippen molar-refractivity contribution in [2.24, 2.45) is 17.6 Å². The van der Waals surface area contributed by atoms with Gasteiger partial charge >= 0.3 is 0 Å². The highest BCUT2D eigenvalue weighted by molar-refractivity contribution is 5.96. The predicted octanol–water partition coefficient (Wildman–Crippen LogP) is 2.20. The quantitative estimate of drug-likeness (QED) is 0.815. The summed E-state index contributed by atoms with van der Waals surface area (Å²) in [7, 11) is 0. The summed E-state index contributed by atoms with van der Waals surface area (Å²) in [5, 5.41) is 2.91. The van der Waals surface area contributed by atoms with Crippen molar-refractivity contribution in [3.8, 4) is 0 Å². The maximum atomic E-state index is 12.2. The molecule has 1 aliphatic rings. The highest BCUT2D eigenvalue weighted by Gasteiger charge is 2.31. The van der Waals surface area contributed by atoms with Crippen LogP contribution in [0.25, 0.3) is 0 Å². The van der Waals surface area contributed by atoms with E-state index in [1.165, 1.54) is 6.92 Å². The van der Waals surface area contributed by atoms with Gasteiger partial charge in [0, 0.05) is 17.2 Å². The van der Waals surface area contributed by atoms with E-state index >= 15 is 0 Å². The molecular formula is C15H20N2O2. The molecular weight excluding hydrogens is 240 g/mol. The molecule has 2 rings (SSSR count). The predicted molar refractivity (Wildman–Crippen MR) is 75.0 cm³/mol. The van der Waals surface area contributed by atoms with Crippen LogP contribution in [0.2, 0.25) is 0 Å². The molecule has 0 aromatic heterocycles. The normalized spacial score (nSPS) is 22.2. The second-order valence-electron chi connectivity index (χ2n) is 5.16. The first-order valence-corrected chi connectivity index (χ1v) is 6.73. The van der Waals surface area contributed by atoms with Gasteiger partial charge < -0.3 is 11.1 Å². The Balaban J connectivity index is 2.00. The fraction of sp³-hybridized carbons (Fsp3) is 0.467. The molecule has 1 fully saturated rings. The number of benzene rings is 1. The lowest BCUT2D eigenvalue weighted by Gasteiger charge is -2.17. The number of anilines is 1. The van der Waals surface area contributed by atoms with Gasteiger partial charge in [-0.15, -0.1) is 0 Å². The zero-order chi connectivity index (χ0) is 13.8. The van der Waals surface area contributed by atoms with E-state index < -0.39 is 0 Å². The molecule has 3 N–H and O–H groups in total. The summed E-state index contributed by atoms with van der Waals surface area (Å²) < 4.78 is 0. The number of carbonyl (C=O) groups is 2. The molecule has 0 saturated heterocycles. The van der Waals surface area contributed by atoms with Crippen LogP contribution in [0.4, 0.5) is 5.69 Å². The first-order valence-electron chi connectivity index (χ1n) is 6.73. The zero-order valence-electron chi connectivity index (χ0n) is 11.2. The molecule has 0 heterocycles. The molecule has 1 aromatic rings. The molecule has 2 unspecified atom stereocenters. The van der Waals surface area contributed by atoms with Crippen LogP contribution >= 0.6 is 0 Å². The minimum Gasteiger partial charge on any atom is -0.330 e. The van der Waals surface area contributed by atoms with Gasteiger partial charge in [-0.2, -0.15) is 0 Å². The Morgan fingerprint density at radius 1 is 1.26 bits per heavy atom. The van der Waals surface area contributed by atoms with E-state index in [1.807, 2.05) is 0 Å². The summed E-state index contributed by atoms with van der Waals surface area (Å²) in [5.41, 5.74) is 7.08. The standard InChI is InChI=1S/C15H20N2O2/c1-10(18)11-5-7-13(8-6-11)17-15(19)14-4-2-3-12(14)9-16/h5-8,12,14H,2-4,9,16H2,1H3,(H,17,19). The number of rotatable bonds is 4. The van der Waals surface area contributed by atoms with Gasteiger partial charge in [-0.25, -0.2) is 0 Å². The van der Waals surface area contributed by atoms with Gasteiger partial charge in [-0.05, 0) is 56.5 Å². The number of amides is 1. The molecule has 2 atom stereocenters. The Morgan fingerprint density at radius 2 is 1.95 bits per heavy atom. The molecule has 4 heteroatoms. The lowest BCUT2D eigenvalue weighted by Crippen LogP contribution is -2.29. The largest absolute Gasteiger partial charge is 0.330 e. The molecule has 0 aliphatic heterocycles. The van der Waals surface area contributed by atoms with Crippen molar-refractivity contribution in [2.45, 2.75) is 26.2 Å². The lowest BCUT2D eigenvalue weighted by molar-refractivity contribution is -0.120. The molecule has 1 saturated carbocycles. The maximum Gasteiger partial charge on any atom is 0.227 e. The average molecular weight is 260 g/mol. The Bertz CT molecular complexity index is 468. The van der Waals surface area contributed by atoms with Crippen molar-refractivity contribution in [2.75, 3.05) is 11.9 Å². The van der Waals surface area contributed by atoms with Crippen LogP contribution in [0.3, 0.4) is 0 Å². The third-order valence-corrected chi connectivity index (χ3v) is 3.86. The highest BCUT2D eigenvalue weighted by atomic mass is 16.2. The van der Waals surface area contributed by atoms with Gasteiger partial charge in [0.25, 0.3) is 0 Å². The van der Waals surface area contributed by atoms with E-state index in [0.29, 0.717) is 18.0 Å². The number of nitrogens with one attached hydrogen (secondary N) is 1. The summed E-state index contributed by atoms with van der Waals surface area (Å²) in [6.45, 7) is 2.10. The maximum absolute atomic E-state index is 12.2. The minimum atomic E-state index is 0.0249. The summed E-state index contributed by atoms with van der Waals surface area (Å²) in [5.74, 6) is 0.398. The highest BCUT2D eigenvalue weighted by Crippen LogP contribution is 2.31. The van der Waals surface area contributed by atoms with E-state index in [0.717, 1.165) is 24.9 Å². The first-order chi connectivity index (χ1) is 9.11. The lowest BCUT2D eigenvalue weighted by atomic mass is 9.95. The molecule has 19 heavy (non-hydrogen) atoms. The Kier molecular flexibility index (Phi) is 4.32.